The number of nitrogens with zero attached hydrogens (tertiary/aromatic N) is 6. The van der Waals surface area contributed by atoms with Crippen LogP contribution in [0.5, 0.6) is 11.9 Å². The summed E-state index contributed by atoms with van der Waals surface area (Å²) < 4.78 is 12.7. The van der Waals surface area contributed by atoms with Gasteiger partial charge in [-0.1, -0.05) is 48.5 Å². The minimum atomic E-state index is -0.287. The molecule has 216 valence electrons. The minimum absolute atomic E-state index is 0.172. The monoisotopic (exact) mass is 584 g/mol. The van der Waals surface area contributed by atoms with E-state index in [0.717, 1.165) is 41.3 Å². The Hall–Kier alpha value is -4.13. The Morgan fingerprint density at radius 2 is 2.05 bits per heavy atom. The van der Waals surface area contributed by atoms with E-state index in [0.29, 0.717) is 61.2 Å². The highest BCUT2D eigenvalue weighted by Gasteiger charge is 2.33. The third-order valence-electron chi connectivity index (χ3n) is 8.39. The summed E-state index contributed by atoms with van der Waals surface area (Å²) in [6, 6.07) is 14.4. The molecule has 1 aromatic heterocycles. The average Bonchev–Trinajstić information content (AvgIpc) is 3.43. The topological polar surface area (TPSA) is 94.8 Å². The van der Waals surface area contributed by atoms with Crippen molar-refractivity contribution in [2.45, 2.75) is 37.8 Å². The van der Waals surface area contributed by atoms with Gasteiger partial charge in [0.1, 0.15) is 18.2 Å². The summed E-state index contributed by atoms with van der Waals surface area (Å²) in [6.07, 6.45) is 6.29. The number of piperazine rings is 1. The SMILES string of the molecule is C=CC(=O)N1CCN(c2nc(OC[C@@H]3CCCN3C)nc3c2CC=C(c2cccc4cccc(Cl)c24)O3)C[C@@H]1CC#N. The zero-order chi connectivity index (χ0) is 29.2. The molecule has 42 heavy (non-hydrogen) atoms. The lowest BCUT2D eigenvalue weighted by atomic mass is 10.0. The number of aromatic nitrogens is 2. The summed E-state index contributed by atoms with van der Waals surface area (Å²) in [6.45, 7) is 6.61. The average molecular weight is 585 g/mol. The molecule has 0 unspecified atom stereocenters. The Balaban J connectivity index is 1.35. The number of nitriles is 1. The fraction of sp³-hybridized carbons (Fsp3) is 0.375. The van der Waals surface area contributed by atoms with Gasteiger partial charge in [-0.05, 0) is 50.0 Å². The van der Waals surface area contributed by atoms with Gasteiger partial charge in [-0.2, -0.15) is 15.2 Å². The van der Waals surface area contributed by atoms with Gasteiger partial charge in [0, 0.05) is 48.1 Å². The highest BCUT2D eigenvalue weighted by molar-refractivity contribution is 6.36. The number of allylic oxidation sites excluding steroid dienone is 1. The molecule has 2 atom stereocenters. The van der Waals surface area contributed by atoms with Crippen LogP contribution in [0.25, 0.3) is 16.5 Å². The maximum absolute atomic E-state index is 12.5. The second-order valence-electron chi connectivity index (χ2n) is 10.9. The molecular weight excluding hydrogens is 552 g/mol. The van der Waals surface area contributed by atoms with Crippen molar-refractivity contribution < 1.29 is 14.3 Å². The van der Waals surface area contributed by atoms with Crippen molar-refractivity contribution in [3.8, 4) is 18.0 Å². The van der Waals surface area contributed by atoms with E-state index in [1.54, 1.807) is 4.90 Å². The third kappa shape index (κ3) is 5.40. The molecule has 0 saturated carbocycles. The van der Waals surface area contributed by atoms with Crippen LogP contribution in [0.15, 0.2) is 55.1 Å². The maximum atomic E-state index is 12.5. The van der Waals surface area contributed by atoms with Gasteiger partial charge >= 0.3 is 6.01 Å². The zero-order valence-electron chi connectivity index (χ0n) is 23.6. The lowest BCUT2D eigenvalue weighted by molar-refractivity contribution is -0.128. The Kier molecular flexibility index (Phi) is 8.00. The van der Waals surface area contributed by atoms with Gasteiger partial charge in [-0.3, -0.25) is 4.79 Å². The molecular formula is C32H33ClN6O3. The molecule has 2 aromatic carbocycles. The number of anilines is 1. The first-order valence-corrected chi connectivity index (χ1v) is 14.7. The van der Waals surface area contributed by atoms with E-state index in [1.165, 1.54) is 6.08 Å². The number of rotatable bonds is 7. The van der Waals surface area contributed by atoms with Gasteiger partial charge < -0.3 is 24.2 Å². The van der Waals surface area contributed by atoms with Crippen molar-refractivity contribution in [2.24, 2.45) is 0 Å². The van der Waals surface area contributed by atoms with Crippen molar-refractivity contribution in [3.05, 3.63) is 71.3 Å². The van der Waals surface area contributed by atoms with Crippen LogP contribution >= 0.6 is 11.6 Å². The van der Waals surface area contributed by atoms with E-state index >= 15 is 0 Å². The molecule has 4 heterocycles. The molecule has 2 fully saturated rings. The van der Waals surface area contributed by atoms with Crippen molar-refractivity contribution in [1.29, 1.82) is 5.26 Å². The van der Waals surface area contributed by atoms with E-state index in [1.807, 2.05) is 42.5 Å². The van der Waals surface area contributed by atoms with Crippen LogP contribution in [0.2, 0.25) is 5.02 Å². The van der Waals surface area contributed by atoms with Gasteiger partial charge in [0.05, 0.1) is 24.1 Å². The van der Waals surface area contributed by atoms with Gasteiger partial charge in [0.15, 0.2) is 0 Å². The number of likely N-dealkylation sites (N-methyl/N-ethyl adjacent to an activating group) is 1. The van der Waals surface area contributed by atoms with E-state index in [9.17, 15) is 10.1 Å². The second kappa shape index (κ2) is 12.0. The molecule has 2 saturated heterocycles. The Bertz CT molecular complexity index is 1600. The Morgan fingerprint density at radius 1 is 1.21 bits per heavy atom. The summed E-state index contributed by atoms with van der Waals surface area (Å²) in [5.74, 6) is 1.65. The Morgan fingerprint density at radius 3 is 2.81 bits per heavy atom. The van der Waals surface area contributed by atoms with Crippen molar-refractivity contribution in [3.63, 3.8) is 0 Å². The first-order valence-electron chi connectivity index (χ1n) is 14.3. The highest BCUT2D eigenvalue weighted by Crippen LogP contribution is 2.39. The number of ether oxygens (including phenoxy) is 2. The number of hydrogen-bond acceptors (Lipinski definition) is 8. The largest absolute Gasteiger partial charge is 0.462 e. The van der Waals surface area contributed by atoms with Crippen LogP contribution in [0.1, 0.15) is 30.4 Å². The second-order valence-corrected chi connectivity index (χ2v) is 11.3. The lowest BCUT2D eigenvalue weighted by Gasteiger charge is -2.41. The predicted octanol–water partition coefficient (Wildman–Crippen LogP) is 4.85. The summed E-state index contributed by atoms with van der Waals surface area (Å²) in [7, 11) is 2.11. The number of hydrogen-bond donors (Lipinski definition) is 0. The fourth-order valence-corrected chi connectivity index (χ4v) is 6.41. The van der Waals surface area contributed by atoms with Crippen molar-refractivity contribution in [1.82, 2.24) is 19.8 Å². The highest BCUT2D eigenvalue weighted by atomic mass is 35.5. The molecule has 3 aliphatic heterocycles. The van der Waals surface area contributed by atoms with Crippen molar-refractivity contribution in [2.75, 3.05) is 44.7 Å². The molecule has 3 aliphatic rings. The lowest BCUT2D eigenvalue weighted by Crippen LogP contribution is -2.55. The fourth-order valence-electron chi connectivity index (χ4n) is 6.12. The first kappa shape index (κ1) is 28.0. The van der Waals surface area contributed by atoms with Gasteiger partial charge in [0.25, 0.3) is 0 Å². The predicted molar refractivity (Wildman–Crippen MR) is 163 cm³/mol. The third-order valence-corrected chi connectivity index (χ3v) is 8.70. The normalized spacial score (nSPS) is 20.5. The van der Waals surface area contributed by atoms with Crippen LogP contribution in [0.4, 0.5) is 5.82 Å². The molecule has 1 amide bonds. The van der Waals surface area contributed by atoms with E-state index < -0.39 is 0 Å². The summed E-state index contributed by atoms with van der Waals surface area (Å²) >= 11 is 6.64. The molecule has 10 heteroatoms. The van der Waals surface area contributed by atoms with Crippen LogP contribution in [-0.4, -0.2) is 77.6 Å². The maximum Gasteiger partial charge on any atom is 0.321 e. The number of carbonyl (C=O) groups is 1. The van der Waals surface area contributed by atoms with Crippen LogP contribution in [0.3, 0.4) is 0 Å². The number of benzene rings is 2. The molecule has 0 bridgehead atoms. The molecule has 0 radical (unpaired) electrons. The molecule has 6 rings (SSSR count). The van der Waals surface area contributed by atoms with E-state index in [2.05, 4.69) is 29.5 Å². The van der Waals surface area contributed by atoms with Gasteiger partial charge in [-0.15, -0.1) is 0 Å². The molecule has 0 N–H and O–H groups in total. The first-order chi connectivity index (χ1) is 20.5. The standard InChI is InChI=1S/C32H33ClN6O3/c1-3-28(40)39-18-17-38(19-22(39)14-15-34)30-25-12-13-27(24-10-4-7-21-8-5-11-26(33)29(21)24)42-31(25)36-32(35-30)41-20-23-9-6-16-37(23)2/h3-5,7-8,10-11,13,22-23H,1,6,9,12,14,16-20H2,2H3/t22-,23-/m0/s1. The molecule has 3 aromatic rings. The zero-order valence-corrected chi connectivity index (χ0v) is 24.4. The van der Waals surface area contributed by atoms with Gasteiger partial charge in [0.2, 0.25) is 11.8 Å². The van der Waals surface area contributed by atoms with Crippen LogP contribution < -0.4 is 14.4 Å². The number of fused-ring (bicyclic) bond motifs is 2. The number of likely N-dealkylation sites (tertiary alicyclic amines) is 1. The van der Waals surface area contributed by atoms with Gasteiger partial charge in [-0.25, -0.2) is 0 Å². The summed E-state index contributed by atoms with van der Waals surface area (Å²) in [5.41, 5.74) is 1.74. The van der Waals surface area contributed by atoms with Crippen LogP contribution in [0, 0.1) is 11.3 Å². The summed E-state index contributed by atoms with van der Waals surface area (Å²) in [4.78, 5) is 28.2. The Labute approximate surface area is 250 Å². The van der Waals surface area contributed by atoms with Crippen molar-refractivity contribution >= 4 is 39.9 Å². The number of halogens is 1. The number of amides is 1. The summed E-state index contributed by atoms with van der Waals surface area (Å²) in [5, 5.41) is 12.1. The van der Waals surface area contributed by atoms with E-state index in [4.69, 9.17) is 31.0 Å². The van der Waals surface area contributed by atoms with E-state index in [-0.39, 0.29) is 24.4 Å². The molecule has 0 aliphatic carbocycles. The molecule has 9 nitrogen and oxygen atoms in total. The quantitative estimate of drug-likeness (QED) is 0.364. The number of carbonyl (C=O) groups excluding carboxylic acids is 1. The van der Waals surface area contributed by atoms with Crippen LogP contribution in [-0.2, 0) is 11.2 Å². The molecule has 0 spiro atoms. The smallest absolute Gasteiger partial charge is 0.321 e. The minimum Gasteiger partial charge on any atom is -0.462 e.